The van der Waals surface area contributed by atoms with Crippen molar-refractivity contribution < 1.29 is 23.8 Å². The summed E-state index contributed by atoms with van der Waals surface area (Å²) in [5.74, 6) is -0.349. The zero-order valence-corrected chi connectivity index (χ0v) is 14.5. The Hall–Kier alpha value is -1.14. The summed E-state index contributed by atoms with van der Waals surface area (Å²) in [4.78, 5) is 23.6. The summed E-state index contributed by atoms with van der Waals surface area (Å²) in [6, 6.07) is 0. The Morgan fingerprint density at radius 3 is 1.59 bits per heavy atom. The molecule has 0 N–H and O–H groups in total. The molecule has 0 spiro atoms. The zero-order chi connectivity index (χ0) is 16.8. The molecule has 0 rings (SSSR count). The molecule has 0 saturated carbocycles. The summed E-state index contributed by atoms with van der Waals surface area (Å²) in [5.41, 5.74) is 0. The lowest BCUT2D eigenvalue weighted by atomic mass is 10.2. The minimum atomic E-state index is -0.169. The fraction of sp³-hybridized carbons (Fsp3) is 0.875. The highest BCUT2D eigenvalue weighted by molar-refractivity contribution is 5.71. The molecule has 0 fully saturated rings. The first-order chi connectivity index (χ1) is 9.72. The Kier molecular flexibility index (Phi) is 19.0. The van der Waals surface area contributed by atoms with Gasteiger partial charge in [-0.25, -0.2) is 0 Å². The van der Waals surface area contributed by atoms with Crippen LogP contribution in [-0.4, -0.2) is 64.4 Å². The average molecular weight is 321 g/mol. The van der Waals surface area contributed by atoms with E-state index in [1.807, 2.05) is 32.8 Å². The molecule has 0 bridgehead atoms. The molecule has 6 heteroatoms. The van der Waals surface area contributed by atoms with Crippen molar-refractivity contribution in [1.29, 1.82) is 0 Å². The number of carbonyl (C=O) groups is 2. The molecular weight excluding hydrogens is 286 g/mol. The molecule has 6 nitrogen and oxygen atoms in total. The summed E-state index contributed by atoms with van der Waals surface area (Å²) in [6.07, 6.45) is 0. The van der Waals surface area contributed by atoms with Gasteiger partial charge in [0.05, 0.1) is 18.4 Å². The predicted octanol–water partition coefficient (Wildman–Crippen LogP) is 2.22. The van der Waals surface area contributed by atoms with Crippen LogP contribution in [0.5, 0.6) is 0 Å². The second-order valence-electron chi connectivity index (χ2n) is 5.44. The molecule has 0 atom stereocenters. The fourth-order valence-electron chi connectivity index (χ4n) is 0.888. The van der Waals surface area contributed by atoms with Crippen LogP contribution in [0.25, 0.3) is 0 Å². The van der Waals surface area contributed by atoms with Crippen LogP contribution in [0, 0.1) is 11.8 Å². The van der Waals surface area contributed by atoms with E-state index >= 15 is 0 Å². The monoisotopic (exact) mass is 321 g/mol. The molecule has 134 valence electrons. The van der Waals surface area contributed by atoms with Crippen LogP contribution in [0.1, 0.15) is 35.1 Å². The van der Waals surface area contributed by atoms with Crippen LogP contribution in [0.4, 0.5) is 0 Å². The van der Waals surface area contributed by atoms with E-state index in [1.165, 1.54) is 0 Å². The van der Waals surface area contributed by atoms with Gasteiger partial charge < -0.3 is 19.1 Å². The van der Waals surface area contributed by atoms with Gasteiger partial charge in [0.25, 0.3) is 0 Å². The largest absolute Gasteiger partial charge is 0.464 e. The number of hydrogen-bond acceptors (Lipinski definition) is 6. The maximum absolute atomic E-state index is 10.9. The number of hydrogen-bond donors (Lipinski definition) is 0. The molecule has 0 aromatic rings. The van der Waals surface area contributed by atoms with Crippen LogP contribution >= 0.6 is 0 Å². The van der Waals surface area contributed by atoms with Gasteiger partial charge in [0.1, 0.15) is 13.2 Å². The highest BCUT2D eigenvalue weighted by Crippen LogP contribution is 1.95. The van der Waals surface area contributed by atoms with Crippen LogP contribution in [0.3, 0.4) is 0 Å². The maximum Gasteiger partial charge on any atom is 0.308 e. The molecule has 0 aliphatic rings. The lowest BCUT2D eigenvalue weighted by Crippen LogP contribution is -2.21. The summed E-state index contributed by atoms with van der Waals surface area (Å²) in [6.45, 7) is 9.37. The Labute approximate surface area is 136 Å². The van der Waals surface area contributed by atoms with E-state index in [1.54, 1.807) is 21.0 Å². The first-order valence-electron chi connectivity index (χ1n) is 7.19. The van der Waals surface area contributed by atoms with Crippen molar-refractivity contribution >= 4 is 11.9 Å². The van der Waals surface area contributed by atoms with Gasteiger partial charge in [-0.2, -0.15) is 0 Å². The highest BCUT2D eigenvalue weighted by atomic mass is 16.6. The third kappa shape index (κ3) is 18.9. The van der Waals surface area contributed by atoms with E-state index in [4.69, 9.17) is 14.2 Å². The first-order valence-corrected chi connectivity index (χ1v) is 7.19. The van der Waals surface area contributed by atoms with Crippen molar-refractivity contribution in [2.24, 2.45) is 11.8 Å². The van der Waals surface area contributed by atoms with E-state index in [0.29, 0.717) is 19.8 Å². The van der Waals surface area contributed by atoms with E-state index in [-0.39, 0.29) is 31.2 Å². The molecule has 0 aliphatic heterocycles. The minimum Gasteiger partial charge on any atom is -0.464 e. The van der Waals surface area contributed by atoms with Crippen molar-refractivity contribution in [2.45, 2.75) is 35.1 Å². The Bertz CT molecular complexity index is 278. The van der Waals surface area contributed by atoms with Crippen molar-refractivity contribution in [1.82, 2.24) is 4.90 Å². The third-order valence-corrected chi connectivity index (χ3v) is 2.26. The number of esters is 2. The molecule has 0 aromatic heterocycles. The number of carbonyl (C=O) groups excluding carboxylic acids is 2. The average Bonchev–Trinajstić information content (AvgIpc) is 2.38. The molecule has 0 aliphatic carbocycles. The third-order valence-electron chi connectivity index (χ3n) is 2.26. The molecule has 0 heterocycles. The standard InChI is InChI=1S/C8H17NO2.C7H14O3.CH4/c1-7(2)8(10)11-6-5-9(3)4;1-6(2)7(8)10-5-4-9-3;/h7H,5-6H2,1-4H3;6H,4-5H2,1-3H3;1H4. The lowest BCUT2D eigenvalue weighted by Gasteiger charge is -2.10. The summed E-state index contributed by atoms with van der Waals surface area (Å²) in [7, 11) is 5.47. The number of methoxy groups -OCH3 is 1. The summed E-state index contributed by atoms with van der Waals surface area (Å²) < 4.78 is 14.4. The van der Waals surface area contributed by atoms with E-state index < -0.39 is 0 Å². The maximum atomic E-state index is 10.9. The van der Waals surface area contributed by atoms with Gasteiger partial charge in [-0.05, 0) is 14.1 Å². The Morgan fingerprint density at radius 1 is 0.864 bits per heavy atom. The van der Waals surface area contributed by atoms with Crippen LogP contribution in [-0.2, 0) is 23.8 Å². The quantitative estimate of drug-likeness (QED) is 0.504. The topological polar surface area (TPSA) is 65.1 Å². The summed E-state index contributed by atoms with van der Waals surface area (Å²) >= 11 is 0. The van der Waals surface area contributed by atoms with Gasteiger partial charge in [-0.3, -0.25) is 9.59 Å². The van der Waals surface area contributed by atoms with Gasteiger partial charge in [-0.15, -0.1) is 0 Å². The lowest BCUT2D eigenvalue weighted by molar-refractivity contribution is -0.149. The number of rotatable bonds is 8. The molecule has 0 radical (unpaired) electrons. The Morgan fingerprint density at radius 2 is 1.27 bits per heavy atom. The van der Waals surface area contributed by atoms with Gasteiger partial charge in [0.15, 0.2) is 0 Å². The van der Waals surface area contributed by atoms with E-state index in [0.717, 1.165) is 6.54 Å². The molecule has 0 amide bonds. The molecule has 0 unspecified atom stereocenters. The first kappa shape index (κ1) is 25.8. The normalized spacial score (nSPS) is 9.91. The second-order valence-corrected chi connectivity index (χ2v) is 5.44. The van der Waals surface area contributed by atoms with Crippen LogP contribution in [0.15, 0.2) is 0 Å². The SMILES string of the molecule is C.CC(C)C(=O)OCCN(C)C.COCCOC(=O)C(C)C. The van der Waals surface area contributed by atoms with E-state index in [9.17, 15) is 9.59 Å². The van der Waals surface area contributed by atoms with Crippen LogP contribution in [0.2, 0.25) is 0 Å². The smallest absolute Gasteiger partial charge is 0.308 e. The molecule has 0 aromatic carbocycles. The van der Waals surface area contributed by atoms with Crippen LogP contribution < -0.4 is 0 Å². The van der Waals surface area contributed by atoms with Crippen molar-refractivity contribution in [3.8, 4) is 0 Å². The number of nitrogens with zero attached hydrogens (tertiary/aromatic N) is 1. The van der Waals surface area contributed by atoms with Gasteiger partial charge in [-0.1, -0.05) is 35.1 Å². The summed E-state index contributed by atoms with van der Waals surface area (Å²) in [5, 5.41) is 0. The second kappa shape index (κ2) is 16.2. The zero-order valence-electron chi connectivity index (χ0n) is 14.5. The number of likely N-dealkylation sites (N-methyl/N-ethyl adjacent to an activating group) is 1. The minimum absolute atomic E-state index is 0. The van der Waals surface area contributed by atoms with Gasteiger partial charge in [0.2, 0.25) is 0 Å². The number of ether oxygens (including phenoxy) is 3. The van der Waals surface area contributed by atoms with Crippen molar-refractivity contribution in [3.63, 3.8) is 0 Å². The van der Waals surface area contributed by atoms with Gasteiger partial charge >= 0.3 is 11.9 Å². The molecule has 0 saturated heterocycles. The highest BCUT2D eigenvalue weighted by Gasteiger charge is 2.07. The predicted molar refractivity (Wildman–Crippen MR) is 88.8 cm³/mol. The fourth-order valence-corrected chi connectivity index (χ4v) is 0.888. The molecule has 22 heavy (non-hydrogen) atoms. The van der Waals surface area contributed by atoms with Crippen molar-refractivity contribution in [3.05, 3.63) is 0 Å². The van der Waals surface area contributed by atoms with E-state index in [2.05, 4.69) is 0 Å². The van der Waals surface area contributed by atoms with Crippen molar-refractivity contribution in [2.75, 3.05) is 47.6 Å². The van der Waals surface area contributed by atoms with Gasteiger partial charge in [0, 0.05) is 13.7 Å². The Balaban J connectivity index is -0.000000315. The molecular formula is C16H35NO5.